The smallest absolute Gasteiger partial charge is 0.227 e. The summed E-state index contributed by atoms with van der Waals surface area (Å²) in [5, 5.41) is 6.13. The van der Waals surface area contributed by atoms with Crippen LogP contribution < -0.4 is 10.6 Å². The van der Waals surface area contributed by atoms with Gasteiger partial charge in [0, 0.05) is 18.2 Å². The number of nitrogens with one attached hydrogen (secondary N) is 2. The maximum Gasteiger partial charge on any atom is 0.227 e. The van der Waals surface area contributed by atoms with Crippen molar-refractivity contribution in [1.29, 1.82) is 0 Å². The van der Waals surface area contributed by atoms with Gasteiger partial charge < -0.3 is 10.6 Å². The number of benzene rings is 1. The van der Waals surface area contributed by atoms with Gasteiger partial charge in [-0.2, -0.15) is 0 Å². The lowest BCUT2D eigenvalue weighted by Gasteiger charge is -2.20. The number of anilines is 1. The molecular weight excluding hydrogens is 260 g/mol. The molecule has 0 saturated heterocycles. The van der Waals surface area contributed by atoms with E-state index in [9.17, 15) is 4.79 Å². The molecule has 1 fully saturated rings. The fourth-order valence-electron chi connectivity index (χ4n) is 2.52. The molecule has 1 aliphatic rings. The molecule has 1 aromatic carbocycles. The molecule has 2 rings (SSSR count). The van der Waals surface area contributed by atoms with E-state index in [-0.39, 0.29) is 24.2 Å². The molecule has 4 heteroatoms. The summed E-state index contributed by atoms with van der Waals surface area (Å²) in [5.74, 6) is 0.409. The van der Waals surface area contributed by atoms with Gasteiger partial charge in [-0.15, -0.1) is 12.4 Å². The van der Waals surface area contributed by atoms with Crippen molar-refractivity contribution in [2.24, 2.45) is 5.92 Å². The summed E-state index contributed by atoms with van der Waals surface area (Å²) >= 11 is 0. The zero-order valence-corrected chi connectivity index (χ0v) is 12.3. The molecule has 0 radical (unpaired) electrons. The van der Waals surface area contributed by atoms with E-state index in [1.807, 2.05) is 31.3 Å². The van der Waals surface area contributed by atoms with E-state index in [1.165, 1.54) is 24.8 Å². The zero-order valence-electron chi connectivity index (χ0n) is 11.4. The number of halogens is 1. The molecule has 3 nitrogen and oxygen atoms in total. The Morgan fingerprint density at radius 2 is 1.79 bits per heavy atom. The molecule has 1 aromatic rings. The fourth-order valence-corrected chi connectivity index (χ4v) is 2.52. The normalized spacial score (nSPS) is 15.6. The standard InChI is InChI=1S/C15H22N2O.ClH/c1-16-11-12-7-9-14(10-8-12)17-15(18)13-5-3-2-4-6-13;/h7-10,13,16H,2-6,11H2,1H3,(H,17,18);1H. The molecule has 2 N–H and O–H groups in total. The summed E-state index contributed by atoms with van der Waals surface area (Å²) in [4.78, 5) is 12.1. The minimum atomic E-state index is 0. The van der Waals surface area contributed by atoms with Crippen molar-refractivity contribution in [3.05, 3.63) is 29.8 Å². The van der Waals surface area contributed by atoms with Crippen molar-refractivity contribution in [3.8, 4) is 0 Å². The van der Waals surface area contributed by atoms with Gasteiger partial charge in [-0.05, 0) is 37.6 Å². The minimum absolute atomic E-state index is 0. The average Bonchev–Trinajstić information content (AvgIpc) is 2.42. The van der Waals surface area contributed by atoms with Gasteiger partial charge in [0.2, 0.25) is 5.91 Å². The third kappa shape index (κ3) is 4.84. The zero-order chi connectivity index (χ0) is 12.8. The van der Waals surface area contributed by atoms with Crippen LogP contribution in [-0.2, 0) is 11.3 Å². The van der Waals surface area contributed by atoms with E-state index in [4.69, 9.17) is 0 Å². The van der Waals surface area contributed by atoms with Gasteiger partial charge in [0.25, 0.3) is 0 Å². The first-order valence-corrected chi connectivity index (χ1v) is 6.84. The largest absolute Gasteiger partial charge is 0.326 e. The molecule has 0 atom stereocenters. The molecule has 0 bridgehead atoms. The number of amides is 1. The Balaban J connectivity index is 0.00000180. The highest BCUT2D eigenvalue weighted by Crippen LogP contribution is 2.24. The monoisotopic (exact) mass is 282 g/mol. The SMILES string of the molecule is CNCc1ccc(NC(=O)C2CCCCC2)cc1.Cl. The Morgan fingerprint density at radius 3 is 2.37 bits per heavy atom. The van der Waals surface area contributed by atoms with Crippen LogP contribution in [0.15, 0.2) is 24.3 Å². The molecular formula is C15H23ClN2O. The maximum absolute atomic E-state index is 12.1. The van der Waals surface area contributed by atoms with Crippen molar-refractivity contribution in [2.45, 2.75) is 38.6 Å². The first-order chi connectivity index (χ1) is 8.79. The van der Waals surface area contributed by atoms with Gasteiger partial charge in [-0.25, -0.2) is 0 Å². The highest BCUT2D eigenvalue weighted by molar-refractivity contribution is 5.92. The van der Waals surface area contributed by atoms with E-state index >= 15 is 0 Å². The summed E-state index contributed by atoms with van der Waals surface area (Å²) in [7, 11) is 1.93. The molecule has 1 amide bonds. The molecule has 106 valence electrons. The molecule has 0 aromatic heterocycles. The van der Waals surface area contributed by atoms with E-state index in [0.717, 1.165) is 25.1 Å². The predicted molar refractivity (Wildman–Crippen MR) is 81.7 cm³/mol. The lowest BCUT2D eigenvalue weighted by molar-refractivity contribution is -0.120. The van der Waals surface area contributed by atoms with Crippen molar-refractivity contribution in [1.82, 2.24) is 5.32 Å². The summed E-state index contributed by atoms with van der Waals surface area (Å²) in [6, 6.07) is 8.06. The Morgan fingerprint density at radius 1 is 1.16 bits per heavy atom. The van der Waals surface area contributed by atoms with Crippen LogP contribution in [0, 0.1) is 5.92 Å². The average molecular weight is 283 g/mol. The van der Waals surface area contributed by atoms with Crippen LogP contribution in [0.1, 0.15) is 37.7 Å². The lowest BCUT2D eigenvalue weighted by atomic mass is 9.88. The molecule has 1 aliphatic carbocycles. The van der Waals surface area contributed by atoms with Gasteiger partial charge in [-0.1, -0.05) is 31.4 Å². The second kappa shape index (κ2) is 8.18. The number of hydrogen-bond donors (Lipinski definition) is 2. The number of carbonyl (C=O) groups excluding carboxylic acids is 1. The van der Waals surface area contributed by atoms with E-state index in [0.29, 0.717) is 0 Å². The summed E-state index contributed by atoms with van der Waals surface area (Å²) in [6.07, 6.45) is 5.76. The highest BCUT2D eigenvalue weighted by Gasteiger charge is 2.20. The van der Waals surface area contributed by atoms with Gasteiger partial charge >= 0.3 is 0 Å². The van der Waals surface area contributed by atoms with Gasteiger partial charge in [0.05, 0.1) is 0 Å². The third-order valence-electron chi connectivity index (χ3n) is 3.58. The van der Waals surface area contributed by atoms with Crippen LogP contribution in [-0.4, -0.2) is 13.0 Å². The van der Waals surface area contributed by atoms with Gasteiger partial charge in [0.15, 0.2) is 0 Å². The number of carbonyl (C=O) groups is 1. The first kappa shape index (κ1) is 16.0. The molecule has 19 heavy (non-hydrogen) atoms. The van der Waals surface area contributed by atoms with E-state index < -0.39 is 0 Å². The quantitative estimate of drug-likeness (QED) is 0.889. The Hall–Kier alpha value is -1.06. The van der Waals surface area contributed by atoms with E-state index in [2.05, 4.69) is 10.6 Å². The van der Waals surface area contributed by atoms with Crippen molar-refractivity contribution in [2.75, 3.05) is 12.4 Å². The number of rotatable bonds is 4. The second-order valence-corrected chi connectivity index (χ2v) is 5.05. The molecule has 0 unspecified atom stereocenters. The third-order valence-corrected chi connectivity index (χ3v) is 3.58. The second-order valence-electron chi connectivity index (χ2n) is 5.05. The van der Waals surface area contributed by atoms with Crippen LogP contribution in [0.4, 0.5) is 5.69 Å². The number of hydrogen-bond acceptors (Lipinski definition) is 2. The minimum Gasteiger partial charge on any atom is -0.326 e. The first-order valence-electron chi connectivity index (χ1n) is 6.84. The molecule has 0 spiro atoms. The predicted octanol–water partition coefficient (Wildman–Crippen LogP) is 3.35. The maximum atomic E-state index is 12.1. The van der Waals surface area contributed by atoms with Crippen LogP contribution in [0.5, 0.6) is 0 Å². The topological polar surface area (TPSA) is 41.1 Å². The Bertz CT molecular complexity index is 386. The Labute approximate surface area is 121 Å². The van der Waals surface area contributed by atoms with Gasteiger partial charge in [-0.3, -0.25) is 4.79 Å². The molecule has 0 heterocycles. The van der Waals surface area contributed by atoms with Crippen LogP contribution in [0.2, 0.25) is 0 Å². The Kier molecular flexibility index (Phi) is 6.89. The molecule has 1 saturated carbocycles. The van der Waals surface area contributed by atoms with Crippen LogP contribution in [0.3, 0.4) is 0 Å². The fraction of sp³-hybridized carbons (Fsp3) is 0.533. The van der Waals surface area contributed by atoms with E-state index in [1.54, 1.807) is 0 Å². The van der Waals surface area contributed by atoms with Crippen LogP contribution in [0.25, 0.3) is 0 Å². The van der Waals surface area contributed by atoms with Crippen molar-refractivity contribution in [3.63, 3.8) is 0 Å². The lowest BCUT2D eigenvalue weighted by Crippen LogP contribution is -2.24. The molecule has 0 aliphatic heterocycles. The van der Waals surface area contributed by atoms with Crippen molar-refractivity contribution >= 4 is 24.0 Å². The summed E-state index contributed by atoms with van der Waals surface area (Å²) < 4.78 is 0. The van der Waals surface area contributed by atoms with Gasteiger partial charge in [0.1, 0.15) is 0 Å². The van der Waals surface area contributed by atoms with Crippen LogP contribution >= 0.6 is 12.4 Å². The summed E-state index contributed by atoms with van der Waals surface area (Å²) in [6.45, 7) is 0.858. The highest BCUT2D eigenvalue weighted by atomic mass is 35.5. The summed E-state index contributed by atoms with van der Waals surface area (Å²) in [5.41, 5.74) is 2.14. The van der Waals surface area contributed by atoms with Crippen molar-refractivity contribution < 1.29 is 4.79 Å².